The van der Waals surface area contributed by atoms with Crippen molar-refractivity contribution in [2.45, 2.75) is 32.8 Å². The van der Waals surface area contributed by atoms with Crippen LogP contribution in [0.25, 0.3) is 0 Å². The lowest BCUT2D eigenvalue weighted by molar-refractivity contribution is -0.145. The molecule has 0 heterocycles. The lowest BCUT2D eigenvalue weighted by Gasteiger charge is -2.15. The third-order valence-electron chi connectivity index (χ3n) is 2.18. The van der Waals surface area contributed by atoms with E-state index in [1.165, 1.54) is 0 Å². The fourth-order valence-corrected chi connectivity index (χ4v) is 1.51. The number of carboxylic acid groups (broad SMARTS) is 1. The van der Waals surface area contributed by atoms with Crippen LogP contribution < -0.4 is 4.74 Å². The Hall–Kier alpha value is -1.22. The monoisotopic (exact) mass is 242 g/mol. The Labute approximate surface area is 100.0 Å². The molecule has 4 heteroatoms. The van der Waals surface area contributed by atoms with E-state index in [0.29, 0.717) is 17.2 Å². The molecule has 0 fully saturated rings. The largest absolute Gasteiger partial charge is 0.479 e. The number of carbonyl (C=O) groups is 1. The molecule has 0 bridgehead atoms. The molecule has 0 saturated carbocycles. The van der Waals surface area contributed by atoms with Crippen LogP contribution in [0.2, 0.25) is 5.02 Å². The quantitative estimate of drug-likeness (QED) is 0.862. The molecule has 88 valence electrons. The van der Waals surface area contributed by atoms with Crippen LogP contribution in [0.4, 0.5) is 0 Å². The van der Waals surface area contributed by atoms with Crippen molar-refractivity contribution in [2.24, 2.45) is 0 Å². The zero-order valence-corrected chi connectivity index (χ0v) is 10.1. The zero-order valence-electron chi connectivity index (χ0n) is 9.37. The number of rotatable bonds is 5. The summed E-state index contributed by atoms with van der Waals surface area (Å²) in [7, 11) is 0. The van der Waals surface area contributed by atoms with Gasteiger partial charge in [0.1, 0.15) is 5.75 Å². The maximum atomic E-state index is 10.9. The molecular weight excluding hydrogens is 228 g/mol. The van der Waals surface area contributed by atoms with Gasteiger partial charge in [0.25, 0.3) is 0 Å². The van der Waals surface area contributed by atoms with Gasteiger partial charge in [0, 0.05) is 0 Å². The van der Waals surface area contributed by atoms with Gasteiger partial charge in [0.05, 0.1) is 5.02 Å². The van der Waals surface area contributed by atoms with Crippen molar-refractivity contribution in [3.63, 3.8) is 0 Å². The summed E-state index contributed by atoms with van der Waals surface area (Å²) in [6, 6.07) is 5.30. The minimum Gasteiger partial charge on any atom is -0.479 e. The predicted molar refractivity (Wildman–Crippen MR) is 63.1 cm³/mol. The second kappa shape index (κ2) is 5.75. The van der Waals surface area contributed by atoms with Crippen LogP contribution in [-0.4, -0.2) is 17.2 Å². The Morgan fingerprint density at radius 2 is 2.25 bits per heavy atom. The highest BCUT2D eigenvalue weighted by Gasteiger charge is 2.19. The lowest BCUT2D eigenvalue weighted by Crippen LogP contribution is -2.26. The Morgan fingerprint density at radius 3 is 2.81 bits per heavy atom. The number of halogens is 1. The molecule has 0 aliphatic rings. The standard InChI is InChI=1S/C12H15ClO3/c1-3-4-10(12(14)15)16-11-7-8(2)5-6-9(11)13/h5-7,10H,3-4H2,1-2H3,(H,14,15). The number of benzene rings is 1. The van der Waals surface area contributed by atoms with Gasteiger partial charge in [0.15, 0.2) is 6.10 Å². The molecule has 0 aromatic heterocycles. The summed E-state index contributed by atoms with van der Waals surface area (Å²) >= 11 is 5.93. The van der Waals surface area contributed by atoms with Crippen LogP contribution in [-0.2, 0) is 4.79 Å². The van der Waals surface area contributed by atoms with Gasteiger partial charge >= 0.3 is 5.97 Å². The molecule has 1 aromatic rings. The molecule has 0 saturated heterocycles. The van der Waals surface area contributed by atoms with E-state index in [0.717, 1.165) is 12.0 Å². The van der Waals surface area contributed by atoms with E-state index >= 15 is 0 Å². The molecule has 0 spiro atoms. The molecule has 0 amide bonds. The maximum Gasteiger partial charge on any atom is 0.344 e. The Bertz CT molecular complexity index is 377. The molecule has 1 aromatic carbocycles. The summed E-state index contributed by atoms with van der Waals surface area (Å²) in [5.74, 6) is -0.526. The van der Waals surface area contributed by atoms with E-state index < -0.39 is 12.1 Å². The van der Waals surface area contributed by atoms with Crippen molar-refractivity contribution in [2.75, 3.05) is 0 Å². The second-order valence-corrected chi connectivity index (χ2v) is 4.07. The summed E-state index contributed by atoms with van der Waals surface area (Å²) in [6.45, 7) is 3.82. The number of carboxylic acids is 1. The van der Waals surface area contributed by atoms with Crippen LogP contribution in [0, 0.1) is 6.92 Å². The van der Waals surface area contributed by atoms with Gasteiger partial charge in [-0.3, -0.25) is 0 Å². The van der Waals surface area contributed by atoms with Gasteiger partial charge in [-0.1, -0.05) is 31.0 Å². The highest BCUT2D eigenvalue weighted by Crippen LogP contribution is 2.26. The lowest BCUT2D eigenvalue weighted by atomic mass is 10.2. The fourth-order valence-electron chi connectivity index (χ4n) is 1.35. The Morgan fingerprint density at radius 1 is 1.56 bits per heavy atom. The first-order valence-electron chi connectivity index (χ1n) is 5.20. The van der Waals surface area contributed by atoms with Crippen molar-refractivity contribution in [1.82, 2.24) is 0 Å². The minimum absolute atomic E-state index is 0.433. The Kier molecular flexibility index (Phi) is 4.62. The summed E-state index contributed by atoms with van der Waals surface area (Å²) in [4.78, 5) is 10.9. The summed E-state index contributed by atoms with van der Waals surface area (Å²) in [5.41, 5.74) is 0.986. The van der Waals surface area contributed by atoms with Crippen LogP contribution >= 0.6 is 11.6 Å². The van der Waals surface area contributed by atoms with Gasteiger partial charge in [-0.2, -0.15) is 0 Å². The van der Waals surface area contributed by atoms with Crippen LogP contribution in [0.5, 0.6) is 5.75 Å². The molecule has 0 aliphatic heterocycles. The van der Waals surface area contributed by atoms with Crippen molar-refractivity contribution in [3.05, 3.63) is 28.8 Å². The fraction of sp³-hybridized carbons (Fsp3) is 0.417. The third kappa shape index (κ3) is 3.42. The van der Waals surface area contributed by atoms with Gasteiger partial charge < -0.3 is 9.84 Å². The van der Waals surface area contributed by atoms with Crippen molar-refractivity contribution < 1.29 is 14.6 Å². The molecular formula is C12H15ClO3. The third-order valence-corrected chi connectivity index (χ3v) is 2.49. The summed E-state index contributed by atoms with van der Waals surface area (Å²) in [6.07, 6.45) is 0.393. The van der Waals surface area contributed by atoms with Crippen LogP contribution in [0.3, 0.4) is 0 Å². The highest BCUT2D eigenvalue weighted by molar-refractivity contribution is 6.32. The van der Waals surface area contributed by atoms with E-state index in [1.807, 2.05) is 19.9 Å². The molecule has 3 nitrogen and oxygen atoms in total. The number of hydrogen-bond donors (Lipinski definition) is 1. The van der Waals surface area contributed by atoms with Crippen LogP contribution in [0.1, 0.15) is 25.3 Å². The molecule has 1 atom stereocenters. The van der Waals surface area contributed by atoms with Crippen molar-refractivity contribution in [1.29, 1.82) is 0 Å². The van der Waals surface area contributed by atoms with E-state index in [9.17, 15) is 4.79 Å². The normalized spacial score (nSPS) is 12.2. The van der Waals surface area contributed by atoms with Gasteiger partial charge in [-0.15, -0.1) is 0 Å². The smallest absolute Gasteiger partial charge is 0.344 e. The number of hydrogen-bond acceptors (Lipinski definition) is 2. The second-order valence-electron chi connectivity index (χ2n) is 3.67. The first-order chi connectivity index (χ1) is 7.54. The van der Waals surface area contributed by atoms with Crippen LogP contribution in [0.15, 0.2) is 18.2 Å². The molecule has 0 aliphatic carbocycles. The van der Waals surface area contributed by atoms with Gasteiger partial charge in [0.2, 0.25) is 0 Å². The number of aryl methyl sites for hydroxylation is 1. The first-order valence-corrected chi connectivity index (χ1v) is 5.58. The van der Waals surface area contributed by atoms with E-state index in [2.05, 4.69) is 0 Å². The number of ether oxygens (including phenoxy) is 1. The summed E-state index contributed by atoms with van der Waals surface area (Å²) in [5, 5.41) is 9.40. The average Bonchev–Trinajstić information content (AvgIpc) is 2.22. The first kappa shape index (κ1) is 12.8. The Balaban J connectivity index is 2.84. The van der Waals surface area contributed by atoms with Crippen molar-refractivity contribution in [3.8, 4) is 5.75 Å². The molecule has 1 rings (SSSR count). The van der Waals surface area contributed by atoms with Gasteiger partial charge in [-0.25, -0.2) is 4.79 Å². The summed E-state index contributed by atoms with van der Waals surface area (Å²) < 4.78 is 5.40. The number of aliphatic carboxylic acids is 1. The molecule has 1 unspecified atom stereocenters. The van der Waals surface area contributed by atoms with Crippen molar-refractivity contribution >= 4 is 17.6 Å². The topological polar surface area (TPSA) is 46.5 Å². The van der Waals surface area contributed by atoms with E-state index in [1.54, 1.807) is 12.1 Å². The van der Waals surface area contributed by atoms with Gasteiger partial charge in [-0.05, 0) is 31.0 Å². The SMILES string of the molecule is CCCC(Oc1cc(C)ccc1Cl)C(=O)O. The highest BCUT2D eigenvalue weighted by atomic mass is 35.5. The minimum atomic E-state index is -0.959. The molecule has 16 heavy (non-hydrogen) atoms. The maximum absolute atomic E-state index is 10.9. The molecule has 0 radical (unpaired) electrons. The van der Waals surface area contributed by atoms with E-state index in [-0.39, 0.29) is 0 Å². The molecule has 1 N–H and O–H groups in total. The zero-order chi connectivity index (χ0) is 12.1. The average molecular weight is 243 g/mol. The predicted octanol–water partition coefficient (Wildman–Crippen LogP) is 3.28. The van der Waals surface area contributed by atoms with E-state index in [4.69, 9.17) is 21.4 Å².